The summed E-state index contributed by atoms with van der Waals surface area (Å²) in [6.07, 6.45) is 7.33. The largest absolute Gasteiger partial charge is 0.373 e. The van der Waals surface area contributed by atoms with Gasteiger partial charge in [0.25, 0.3) is 0 Å². The van der Waals surface area contributed by atoms with Gasteiger partial charge in [-0.3, -0.25) is 0 Å². The standard InChI is InChI=1S/C12H25OS/c1-3-5-10-14(9-4-2)11-12-7-6-8-13-12/h12H,3-11H2,1-2H3/q+1. The molecular formula is C12H25OS+. The Bertz CT molecular complexity index is 132. The summed E-state index contributed by atoms with van der Waals surface area (Å²) in [7, 11) is 0.661. The van der Waals surface area contributed by atoms with Gasteiger partial charge in [0.05, 0.1) is 0 Å². The average Bonchev–Trinajstić information content (AvgIpc) is 2.67. The Kier molecular flexibility index (Phi) is 6.70. The van der Waals surface area contributed by atoms with Crippen LogP contribution in [0.4, 0.5) is 0 Å². The van der Waals surface area contributed by atoms with Gasteiger partial charge in [-0.2, -0.15) is 0 Å². The lowest BCUT2D eigenvalue weighted by Gasteiger charge is -2.12. The Balaban J connectivity index is 2.18. The molecule has 2 unspecified atom stereocenters. The van der Waals surface area contributed by atoms with Gasteiger partial charge >= 0.3 is 0 Å². The van der Waals surface area contributed by atoms with Crippen molar-refractivity contribution in [3.63, 3.8) is 0 Å². The quantitative estimate of drug-likeness (QED) is 0.596. The maximum atomic E-state index is 5.72. The zero-order valence-corrected chi connectivity index (χ0v) is 10.6. The van der Waals surface area contributed by atoms with Crippen molar-refractivity contribution in [1.29, 1.82) is 0 Å². The molecule has 14 heavy (non-hydrogen) atoms. The average molecular weight is 217 g/mol. The van der Waals surface area contributed by atoms with Crippen molar-refractivity contribution in [2.75, 3.05) is 23.9 Å². The summed E-state index contributed by atoms with van der Waals surface area (Å²) < 4.78 is 5.72. The second-order valence-electron chi connectivity index (χ2n) is 4.18. The molecule has 0 aliphatic carbocycles. The first-order valence-corrected chi connectivity index (χ1v) is 7.85. The van der Waals surface area contributed by atoms with E-state index < -0.39 is 0 Å². The SMILES string of the molecule is CCCC[S+](CCC)CC1CCCO1. The fourth-order valence-corrected chi connectivity index (χ4v) is 4.54. The maximum Gasteiger partial charge on any atom is 0.134 e. The van der Waals surface area contributed by atoms with E-state index in [0.29, 0.717) is 17.0 Å². The summed E-state index contributed by atoms with van der Waals surface area (Å²) in [5.41, 5.74) is 0. The van der Waals surface area contributed by atoms with Crippen molar-refractivity contribution < 1.29 is 4.74 Å². The topological polar surface area (TPSA) is 9.23 Å². The highest BCUT2D eigenvalue weighted by atomic mass is 32.2. The van der Waals surface area contributed by atoms with Crippen LogP contribution in [0.15, 0.2) is 0 Å². The van der Waals surface area contributed by atoms with Gasteiger partial charge in [-0.05, 0) is 36.6 Å². The highest BCUT2D eigenvalue weighted by Gasteiger charge is 2.25. The van der Waals surface area contributed by atoms with Crippen LogP contribution in [0.1, 0.15) is 46.0 Å². The van der Waals surface area contributed by atoms with E-state index in [4.69, 9.17) is 4.74 Å². The third-order valence-corrected chi connectivity index (χ3v) is 5.42. The van der Waals surface area contributed by atoms with E-state index >= 15 is 0 Å². The Labute approximate surface area is 92.0 Å². The molecule has 0 spiro atoms. The molecule has 0 aromatic rings. The smallest absolute Gasteiger partial charge is 0.134 e. The Morgan fingerprint density at radius 3 is 2.64 bits per heavy atom. The molecular weight excluding hydrogens is 192 g/mol. The Hall–Kier alpha value is 0.310. The third-order valence-electron chi connectivity index (χ3n) is 2.72. The van der Waals surface area contributed by atoms with Crippen molar-refractivity contribution >= 4 is 10.9 Å². The van der Waals surface area contributed by atoms with Crippen molar-refractivity contribution in [3.8, 4) is 0 Å². The van der Waals surface area contributed by atoms with Crippen molar-refractivity contribution in [1.82, 2.24) is 0 Å². The van der Waals surface area contributed by atoms with Crippen molar-refractivity contribution in [2.45, 2.75) is 52.1 Å². The number of ether oxygens (including phenoxy) is 1. The highest BCUT2D eigenvalue weighted by molar-refractivity contribution is 7.96. The molecule has 2 heteroatoms. The third kappa shape index (κ3) is 4.70. The van der Waals surface area contributed by atoms with Gasteiger partial charge in [0.2, 0.25) is 0 Å². The summed E-state index contributed by atoms with van der Waals surface area (Å²) in [4.78, 5) is 0. The number of hydrogen-bond acceptors (Lipinski definition) is 1. The van der Waals surface area contributed by atoms with E-state index in [-0.39, 0.29) is 0 Å². The number of rotatable bonds is 7. The van der Waals surface area contributed by atoms with Crippen molar-refractivity contribution in [2.24, 2.45) is 0 Å². The molecule has 1 saturated heterocycles. The predicted octanol–water partition coefficient (Wildman–Crippen LogP) is 2.99. The summed E-state index contributed by atoms with van der Waals surface area (Å²) in [6, 6.07) is 0. The molecule has 1 fully saturated rings. The zero-order valence-electron chi connectivity index (χ0n) is 9.76. The van der Waals surface area contributed by atoms with Gasteiger partial charge in [-0.15, -0.1) is 0 Å². The molecule has 84 valence electrons. The molecule has 1 rings (SSSR count). The fraction of sp³-hybridized carbons (Fsp3) is 1.00. The van der Waals surface area contributed by atoms with Gasteiger partial charge in [0.15, 0.2) is 0 Å². The minimum absolute atomic E-state index is 0.613. The number of hydrogen-bond donors (Lipinski definition) is 0. The first-order valence-electron chi connectivity index (χ1n) is 6.12. The Morgan fingerprint density at radius 2 is 2.07 bits per heavy atom. The van der Waals surface area contributed by atoms with Crippen LogP contribution in [0.5, 0.6) is 0 Å². The van der Waals surface area contributed by atoms with Crippen LogP contribution in [-0.2, 0) is 15.6 Å². The van der Waals surface area contributed by atoms with Crippen LogP contribution in [0, 0.1) is 0 Å². The van der Waals surface area contributed by atoms with Crippen LogP contribution >= 0.6 is 0 Å². The van der Waals surface area contributed by atoms with Crippen LogP contribution < -0.4 is 0 Å². The molecule has 0 aromatic carbocycles. The minimum atomic E-state index is 0.613. The lowest BCUT2D eigenvalue weighted by Crippen LogP contribution is -2.25. The summed E-state index contributed by atoms with van der Waals surface area (Å²) in [6.45, 7) is 5.61. The molecule has 0 radical (unpaired) electrons. The van der Waals surface area contributed by atoms with Crippen LogP contribution in [0.2, 0.25) is 0 Å². The summed E-state index contributed by atoms with van der Waals surface area (Å²) >= 11 is 0. The van der Waals surface area contributed by atoms with Gasteiger partial charge in [0.1, 0.15) is 23.4 Å². The second kappa shape index (κ2) is 7.58. The van der Waals surface area contributed by atoms with Gasteiger partial charge in [-0.1, -0.05) is 20.3 Å². The van der Waals surface area contributed by atoms with Crippen LogP contribution in [0.3, 0.4) is 0 Å². The first kappa shape index (κ1) is 12.4. The maximum absolute atomic E-state index is 5.72. The second-order valence-corrected chi connectivity index (χ2v) is 6.55. The molecule has 0 saturated carbocycles. The number of unbranched alkanes of at least 4 members (excludes halogenated alkanes) is 1. The normalized spacial score (nSPS) is 24.0. The summed E-state index contributed by atoms with van der Waals surface area (Å²) in [5.74, 6) is 4.23. The zero-order chi connectivity index (χ0) is 10.2. The van der Waals surface area contributed by atoms with E-state index in [1.165, 1.54) is 49.4 Å². The predicted molar refractivity (Wildman–Crippen MR) is 66.1 cm³/mol. The van der Waals surface area contributed by atoms with Gasteiger partial charge in [0, 0.05) is 6.61 Å². The summed E-state index contributed by atoms with van der Waals surface area (Å²) in [5, 5.41) is 0. The minimum Gasteiger partial charge on any atom is -0.373 e. The molecule has 0 N–H and O–H groups in total. The molecule has 1 heterocycles. The van der Waals surface area contributed by atoms with Gasteiger partial charge in [-0.25, -0.2) is 0 Å². The molecule has 0 bridgehead atoms. The molecule has 1 nitrogen and oxygen atoms in total. The van der Waals surface area contributed by atoms with E-state index in [1.807, 2.05) is 0 Å². The van der Waals surface area contributed by atoms with E-state index in [0.717, 1.165) is 6.61 Å². The monoisotopic (exact) mass is 217 g/mol. The van der Waals surface area contributed by atoms with Crippen LogP contribution in [-0.4, -0.2) is 30.0 Å². The van der Waals surface area contributed by atoms with Crippen molar-refractivity contribution in [3.05, 3.63) is 0 Å². The molecule has 0 aromatic heterocycles. The Morgan fingerprint density at radius 1 is 1.21 bits per heavy atom. The molecule has 1 aliphatic rings. The van der Waals surface area contributed by atoms with E-state index in [1.54, 1.807) is 0 Å². The van der Waals surface area contributed by atoms with Gasteiger partial charge < -0.3 is 4.74 Å². The van der Waals surface area contributed by atoms with E-state index in [9.17, 15) is 0 Å². The lowest BCUT2D eigenvalue weighted by molar-refractivity contribution is 0.128. The molecule has 0 amide bonds. The molecule has 2 atom stereocenters. The lowest BCUT2D eigenvalue weighted by atomic mass is 10.3. The first-order chi connectivity index (χ1) is 6.86. The highest BCUT2D eigenvalue weighted by Crippen LogP contribution is 2.16. The van der Waals surface area contributed by atoms with Crippen LogP contribution in [0.25, 0.3) is 0 Å². The van der Waals surface area contributed by atoms with E-state index in [2.05, 4.69) is 13.8 Å². The fourth-order valence-electron chi connectivity index (χ4n) is 1.94. The molecule has 1 aliphatic heterocycles.